The summed E-state index contributed by atoms with van der Waals surface area (Å²) in [4.78, 5) is 21.5. The van der Waals surface area contributed by atoms with E-state index in [1.54, 1.807) is 0 Å². The van der Waals surface area contributed by atoms with E-state index in [1.165, 1.54) is 18.2 Å². The molecule has 0 aromatic heterocycles. The molecule has 6 nitrogen and oxygen atoms in total. The van der Waals surface area contributed by atoms with Crippen LogP contribution in [0.4, 0.5) is 0 Å². The van der Waals surface area contributed by atoms with Crippen LogP contribution in [0.5, 0.6) is 0 Å². The summed E-state index contributed by atoms with van der Waals surface area (Å²) in [6, 6.07) is 9.15. The van der Waals surface area contributed by atoms with Crippen molar-refractivity contribution < 1.29 is 9.53 Å². The van der Waals surface area contributed by atoms with Gasteiger partial charge in [0.05, 0.1) is 19.6 Å². The summed E-state index contributed by atoms with van der Waals surface area (Å²) < 4.78 is 4.90. The standard InChI is InChI=1S/C22H34N4O2/c1-4-23-22(25-12-10-19(11-13-25)21(27)28-3)24-15-17(2)26-14-9-18-7-5-6-8-20(18)16-26/h5-8,17,19H,4,9-16H2,1-3H3,(H,23,24). The number of ether oxygens (including phenoxy) is 1. The maximum Gasteiger partial charge on any atom is 0.308 e. The van der Waals surface area contributed by atoms with Gasteiger partial charge in [0, 0.05) is 38.8 Å². The molecule has 0 saturated carbocycles. The van der Waals surface area contributed by atoms with Gasteiger partial charge in [0.2, 0.25) is 0 Å². The number of esters is 1. The number of guanidine groups is 1. The van der Waals surface area contributed by atoms with Crippen molar-refractivity contribution in [2.24, 2.45) is 10.9 Å². The Morgan fingerprint density at radius 2 is 1.96 bits per heavy atom. The van der Waals surface area contributed by atoms with Gasteiger partial charge in [-0.1, -0.05) is 24.3 Å². The van der Waals surface area contributed by atoms with Gasteiger partial charge in [-0.15, -0.1) is 0 Å². The molecular formula is C22H34N4O2. The van der Waals surface area contributed by atoms with Crippen LogP contribution < -0.4 is 5.32 Å². The lowest BCUT2D eigenvalue weighted by Crippen LogP contribution is -2.47. The Kier molecular flexibility index (Phi) is 7.31. The lowest BCUT2D eigenvalue weighted by atomic mass is 9.97. The minimum Gasteiger partial charge on any atom is -0.469 e. The monoisotopic (exact) mass is 386 g/mol. The molecule has 0 bridgehead atoms. The van der Waals surface area contributed by atoms with Gasteiger partial charge in [0.25, 0.3) is 0 Å². The van der Waals surface area contributed by atoms with Gasteiger partial charge < -0.3 is 15.0 Å². The Morgan fingerprint density at radius 1 is 1.25 bits per heavy atom. The molecule has 1 aromatic carbocycles. The highest BCUT2D eigenvalue weighted by atomic mass is 16.5. The summed E-state index contributed by atoms with van der Waals surface area (Å²) in [5, 5.41) is 3.43. The topological polar surface area (TPSA) is 57.2 Å². The van der Waals surface area contributed by atoms with Gasteiger partial charge in [0.15, 0.2) is 5.96 Å². The number of nitrogens with one attached hydrogen (secondary N) is 1. The number of benzene rings is 1. The summed E-state index contributed by atoms with van der Waals surface area (Å²) >= 11 is 0. The average molecular weight is 387 g/mol. The number of carbonyl (C=O) groups excluding carboxylic acids is 1. The number of carbonyl (C=O) groups is 1. The van der Waals surface area contributed by atoms with Crippen molar-refractivity contribution in [2.45, 2.75) is 45.7 Å². The fourth-order valence-corrected chi connectivity index (χ4v) is 4.15. The molecule has 1 aromatic rings. The molecule has 28 heavy (non-hydrogen) atoms. The zero-order chi connectivity index (χ0) is 19.9. The number of likely N-dealkylation sites (tertiary alicyclic amines) is 1. The van der Waals surface area contributed by atoms with Crippen molar-refractivity contribution in [1.29, 1.82) is 0 Å². The quantitative estimate of drug-likeness (QED) is 0.478. The smallest absolute Gasteiger partial charge is 0.308 e. The molecule has 1 unspecified atom stereocenters. The number of aliphatic imine (C=N–C) groups is 1. The van der Waals surface area contributed by atoms with Crippen LogP contribution in [-0.2, 0) is 22.5 Å². The van der Waals surface area contributed by atoms with Gasteiger partial charge in [-0.05, 0) is 44.2 Å². The lowest BCUT2D eigenvalue weighted by molar-refractivity contribution is -0.146. The normalized spacial score (nSPS) is 19.8. The van der Waals surface area contributed by atoms with E-state index < -0.39 is 0 Å². The van der Waals surface area contributed by atoms with Gasteiger partial charge in [0.1, 0.15) is 0 Å². The molecule has 2 aliphatic rings. The first-order valence-electron chi connectivity index (χ1n) is 10.5. The first-order chi connectivity index (χ1) is 13.6. The number of hydrogen-bond acceptors (Lipinski definition) is 4. The molecule has 0 aliphatic carbocycles. The van der Waals surface area contributed by atoms with Crippen molar-refractivity contribution in [2.75, 3.05) is 39.8 Å². The summed E-state index contributed by atoms with van der Waals surface area (Å²) in [6.07, 6.45) is 2.77. The van der Waals surface area contributed by atoms with Gasteiger partial charge in [-0.3, -0.25) is 14.7 Å². The third kappa shape index (κ3) is 5.04. The van der Waals surface area contributed by atoms with E-state index in [2.05, 4.69) is 53.2 Å². The Morgan fingerprint density at radius 3 is 2.64 bits per heavy atom. The molecule has 2 aliphatic heterocycles. The van der Waals surface area contributed by atoms with E-state index in [1.807, 2.05) is 0 Å². The average Bonchev–Trinajstić information content (AvgIpc) is 2.75. The van der Waals surface area contributed by atoms with E-state index >= 15 is 0 Å². The van der Waals surface area contributed by atoms with Crippen LogP contribution >= 0.6 is 0 Å². The number of methoxy groups -OCH3 is 1. The molecule has 0 spiro atoms. The molecule has 2 heterocycles. The van der Waals surface area contributed by atoms with Crippen LogP contribution in [0.3, 0.4) is 0 Å². The summed E-state index contributed by atoms with van der Waals surface area (Å²) in [7, 11) is 1.47. The number of rotatable bonds is 5. The van der Waals surface area contributed by atoms with E-state index in [0.717, 1.165) is 64.5 Å². The SMILES string of the molecule is CCNC(=NCC(C)N1CCc2ccccc2C1)N1CCC(C(=O)OC)CC1. The molecule has 6 heteroatoms. The summed E-state index contributed by atoms with van der Waals surface area (Å²) in [5.41, 5.74) is 2.93. The van der Waals surface area contributed by atoms with Gasteiger partial charge >= 0.3 is 5.97 Å². The molecule has 3 rings (SSSR count). The first-order valence-corrected chi connectivity index (χ1v) is 10.5. The minimum absolute atomic E-state index is 0.0245. The largest absolute Gasteiger partial charge is 0.469 e. The van der Waals surface area contributed by atoms with E-state index in [4.69, 9.17) is 9.73 Å². The first kappa shape index (κ1) is 20.6. The Labute approximate surface area is 168 Å². The Balaban J connectivity index is 1.56. The second kappa shape index (κ2) is 9.92. The molecule has 1 fully saturated rings. The third-order valence-electron chi connectivity index (χ3n) is 5.95. The number of nitrogens with zero attached hydrogens (tertiary/aromatic N) is 3. The predicted octanol–water partition coefficient (Wildman–Crippen LogP) is 2.28. The highest BCUT2D eigenvalue weighted by Gasteiger charge is 2.27. The lowest BCUT2D eigenvalue weighted by Gasteiger charge is -2.35. The number of hydrogen-bond donors (Lipinski definition) is 1. The van der Waals surface area contributed by atoms with Crippen LogP contribution in [0.15, 0.2) is 29.3 Å². The van der Waals surface area contributed by atoms with Crippen molar-refractivity contribution in [3.8, 4) is 0 Å². The Bertz CT molecular complexity index is 683. The van der Waals surface area contributed by atoms with Crippen LogP contribution in [0.1, 0.15) is 37.8 Å². The highest BCUT2D eigenvalue weighted by molar-refractivity contribution is 5.80. The highest BCUT2D eigenvalue weighted by Crippen LogP contribution is 2.21. The maximum absolute atomic E-state index is 11.8. The van der Waals surface area contributed by atoms with Crippen LogP contribution in [-0.4, -0.2) is 67.6 Å². The maximum atomic E-state index is 11.8. The van der Waals surface area contributed by atoms with Crippen LogP contribution in [0.25, 0.3) is 0 Å². The second-order valence-electron chi connectivity index (χ2n) is 7.82. The van der Waals surface area contributed by atoms with Crippen molar-refractivity contribution in [1.82, 2.24) is 15.1 Å². The van der Waals surface area contributed by atoms with E-state index in [9.17, 15) is 4.79 Å². The molecule has 0 amide bonds. The van der Waals surface area contributed by atoms with Gasteiger partial charge in [-0.2, -0.15) is 0 Å². The van der Waals surface area contributed by atoms with Crippen molar-refractivity contribution in [3.63, 3.8) is 0 Å². The second-order valence-corrected chi connectivity index (χ2v) is 7.82. The fraction of sp³-hybridized carbons (Fsp3) is 0.636. The number of piperidine rings is 1. The van der Waals surface area contributed by atoms with Gasteiger partial charge in [-0.25, -0.2) is 0 Å². The minimum atomic E-state index is -0.0828. The van der Waals surface area contributed by atoms with Crippen LogP contribution in [0, 0.1) is 5.92 Å². The fourth-order valence-electron chi connectivity index (χ4n) is 4.15. The molecule has 154 valence electrons. The molecule has 1 N–H and O–H groups in total. The summed E-state index contributed by atoms with van der Waals surface area (Å²) in [5.74, 6) is 0.909. The number of fused-ring (bicyclic) bond motifs is 1. The van der Waals surface area contributed by atoms with E-state index in [0.29, 0.717) is 6.04 Å². The van der Waals surface area contributed by atoms with Crippen LogP contribution in [0.2, 0.25) is 0 Å². The zero-order valence-corrected chi connectivity index (χ0v) is 17.5. The summed E-state index contributed by atoms with van der Waals surface area (Å²) in [6.45, 7) is 9.78. The Hall–Kier alpha value is -2.08. The molecular weight excluding hydrogens is 352 g/mol. The molecule has 1 atom stereocenters. The van der Waals surface area contributed by atoms with Crippen molar-refractivity contribution in [3.05, 3.63) is 35.4 Å². The van der Waals surface area contributed by atoms with Crippen molar-refractivity contribution >= 4 is 11.9 Å². The zero-order valence-electron chi connectivity index (χ0n) is 17.5. The molecule has 1 saturated heterocycles. The molecule has 0 radical (unpaired) electrons. The third-order valence-corrected chi connectivity index (χ3v) is 5.95. The predicted molar refractivity (Wildman–Crippen MR) is 112 cm³/mol. The van der Waals surface area contributed by atoms with E-state index in [-0.39, 0.29) is 11.9 Å².